The lowest BCUT2D eigenvalue weighted by atomic mass is 10.1. The highest BCUT2D eigenvalue weighted by atomic mass is 19.1. The van der Waals surface area contributed by atoms with Gasteiger partial charge in [-0.15, -0.1) is 0 Å². The van der Waals surface area contributed by atoms with Gasteiger partial charge in [-0.05, 0) is 55.3 Å². The summed E-state index contributed by atoms with van der Waals surface area (Å²) in [6.45, 7) is 3.93. The Balaban J connectivity index is 2.27. The smallest absolute Gasteiger partial charge is 0.138 e. The molecule has 0 bridgehead atoms. The van der Waals surface area contributed by atoms with Crippen molar-refractivity contribution in [3.05, 3.63) is 59.7 Å². The second-order valence-corrected chi connectivity index (χ2v) is 5.21. The number of fused-ring (bicyclic) bond motifs is 1. The maximum Gasteiger partial charge on any atom is 0.138 e. The fourth-order valence-corrected chi connectivity index (χ4v) is 2.50. The third-order valence-electron chi connectivity index (χ3n) is 3.64. The summed E-state index contributed by atoms with van der Waals surface area (Å²) in [6, 6.07) is 10.2. The van der Waals surface area contributed by atoms with Crippen LogP contribution < -0.4 is 0 Å². The molecular formula is C17H17FN2O. The number of aliphatic hydroxyl groups excluding tert-OH is 1. The van der Waals surface area contributed by atoms with Crippen molar-refractivity contribution in [2.24, 2.45) is 0 Å². The molecule has 3 nitrogen and oxygen atoms in total. The number of imidazole rings is 1. The predicted octanol–water partition coefficient (Wildman–Crippen LogP) is 3.89. The van der Waals surface area contributed by atoms with Crippen molar-refractivity contribution >= 4 is 5.65 Å². The molecule has 0 spiro atoms. The zero-order valence-electron chi connectivity index (χ0n) is 12.0. The summed E-state index contributed by atoms with van der Waals surface area (Å²) in [5, 5.41) is 10.3. The molecule has 0 radical (unpaired) electrons. The van der Waals surface area contributed by atoms with E-state index in [4.69, 9.17) is 0 Å². The van der Waals surface area contributed by atoms with Gasteiger partial charge in [-0.3, -0.25) is 0 Å². The first-order chi connectivity index (χ1) is 10.1. The lowest BCUT2D eigenvalue weighted by molar-refractivity contribution is 0.168. The van der Waals surface area contributed by atoms with Crippen LogP contribution in [0.25, 0.3) is 16.9 Å². The van der Waals surface area contributed by atoms with Crippen molar-refractivity contribution in [2.45, 2.75) is 26.4 Å². The molecule has 2 heterocycles. The van der Waals surface area contributed by atoms with Gasteiger partial charge in [0.25, 0.3) is 0 Å². The topological polar surface area (TPSA) is 37.5 Å². The molecule has 108 valence electrons. The second kappa shape index (κ2) is 5.30. The van der Waals surface area contributed by atoms with Crippen LogP contribution in [0.2, 0.25) is 0 Å². The van der Waals surface area contributed by atoms with E-state index in [0.717, 1.165) is 22.5 Å². The summed E-state index contributed by atoms with van der Waals surface area (Å²) in [6.07, 6.45) is 1.90. The fraction of sp³-hybridized carbons (Fsp3) is 0.235. The molecule has 0 saturated heterocycles. The molecule has 1 atom stereocenters. The highest BCUT2D eigenvalue weighted by Gasteiger charge is 2.19. The SMILES string of the molecule is CCC(O)c1c(-c2ccc(F)cc2)nc2cc(C)ccn12. The van der Waals surface area contributed by atoms with E-state index in [9.17, 15) is 9.50 Å². The van der Waals surface area contributed by atoms with Gasteiger partial charge in [-0.1, -0.05) is 6.92 Å². The van der Waals surface area contributed by atoms with Gasteiger partial charge in [-0.25, -0.2) is 9.37 Å². The average molecular weight is 284 g/mol. The second-order valence-electron chi connectivity index (χ2n) is 5.21. The normalized spacial score (nSPS) is 12.8. The van der Waals surface area contributed by atoms with Gasteiger partial charge in [-0.2, -0.15) is 0 Å². The molecule has 3 rings (SSSR count). The molecule has 4 heteroatoms. The van der Waals surface area contributed by atoms with Gasteiger partial charge in [0.2, 0.25) is 0 Å². The first-order valence-electron chi connectivity index (χ1n) is 7.02. The fourth-order valence-electron chi connectivity index (χ4n) is 2.50. The molecule has 0 saturated carbocycles. The van der Waals surface area contributed by atoms with Crippen molar-refractivity contribution in [2.75, 3.05) is 0 Å². The Hall–Kier alpha value is -2.20. The zero-order chi connectivity index (χ0) is 15.0. The van der Waals surface area contributed by atoms with Crippen LogP contribution in [-0.2, 0) is 0 Å². The summed E-state index contributed by atoms with van der Waals surface area (Å²) in [4.78, 5) is 4.62. The number of nitrogens with zero attached hydrogens (tertiary/aromatic N) is 2. The van der Waals surface area contributed by atoms with E-state index in [1.165, 1.54) is 12.1 Å². The Morgan fingerprint density at radius 1 is 1.24 bits per heavy atom. The van der Waals surface area contributed by atoms with Crippen molar-refractivity contribution in [1.82, 2.24) is 9.38 Å². The number of pyridine rings is 1. The monoisotopic (exact) mass is 284 g/mol. The van der Waals surface area contributed by atoms with Crippen molar-refractivity contribution in [1.29, 1.82) is 0 Å². The highest BCUT2D eigenvalue weighted by Crippen LogP contribution is 2.30. The van der Waals surface area contributed by atoms with Crippen LogP contribution in [0, 0.1) is 12.7 Å². The highest BCUT2D eigenvalue weighted by molar-refractivity contribution is 5.67. The first-order valence-corrected chi connectivity index (χ1v) is 7.02. The standard InChI is InChI=1S/C17H17FN2O/c1-3-14(21)17-16(12-4-6-13(18)7-5-12)19-15-10-11(2)8-9-20(15)17/h4-10,14,21H,3H2,1-2H3. The van der Waals surface area contributed by atoms with Crippen molar-refractivity contribution in [3.63, 3.8) is 0 Å². The van der Waals surface area contributed by atoms with Gasteiger partial charge in [0.05, 0.1) is 17.5 Å². The number of hydrogen-bond donors (Lipinski definition) is 1. The summed E-state index contributed by atoms with van der Waals surface area (Å²) in [5.74, 6) is -0.282. The number of rotatable bonds is 3. The summed E-state index contributed by atoms with van der Waals surface area (Å²) >= 11 is 0. The Morgan fingerprint density at radius 2 is 1.95 bits per heavy atom. The van der Waals surface area contributed by atoms with E-state index >= 15 is 0 Å². The Bertz CT molecular complexity index is 777. The minimum atomic E-state index is -0.609. The number of hydrogen-bond acceptors (Lipinski definition) is 2. The minimum absolute atomic E-state index is 0.282. The van der Waals surface area contributed by atoms with Gasteiger partial charge in [0, 0.05) is 11.8 Å². The minimum Gasteiger partial charge on any atom is -0.387 e. The lowest BCUT2D eigenvalue weighted by Crippen LogP contribution is -2.02. The molecule has 1 unspecified atom stereocenters. The predicted molar refractivity (Wildman–Crippen MR) is 80.6 cm³/mol. The van der Waals surface area contributed by atoms with Crippen LogP contribution in [0.5, 0.6) is 0 Å². The third-order valence-corrected chi connectivity index (χ3v) is 3.64. The van der Waals surface area contributed by atoms with Crippen LogP contribution >= 0.6 is 0 Å². The van der Waals surface area contributed by atoms with E-state index in [0.29, 0.717) is 12.1 Å². The summed E-state index contributed by atoms with van der Waals surface area (Å²) in [5.41, 5.74) is 4.15. The molecular weight excluding hydrogens is 267 g/mol. The number of benzene rings is 1. The van der Waals surface area contributed by atoms with E-state index < -0.39 is 6.10 Å². The van der Waals surface area contributed by atoms with E-state index in [1.54, 1.807) is 12.1 Å². The van der Waals surface area contributed by atoms with Crippen LogP contribution in [0.4, 0.5) is 4.39 Å². The largest absolute Gasteiger partial charge is 0.387 e. The maximum absolute atomic E-state index is 13.1. The van der Waals surface area contributed by atoms with Crippen LogP contribution in [-0.4, -0.2) is 14.5 Å². The molecule has 0 amide bonds. The van der Waals surface area contributed by atoms with Crippen LogP contribution in [0.15, 0.2) is 42.6 Å². The molecule has 0 fully saturated rings. The number of aliphatic hydroxyl groups is 1. The van der Waals surface area contributed by atoms with Crippen LogP contribution in [0.3, 0.4) is 0 Å². The van der Waals surface area contributed by atoms with Gasteiger partial charge in [0.1, 0.15) is 11.5 Å². The van der Waals surface area contributed by atoms with Crippen molar-refractivity contribution in [3.8, 4) is 11.3 Å². The number of aryl methyl sites for hydroxylation is 1. The zero-order valence-corrected chi connectivity index (χ0v) is 12.0. The van der Waals surface area contributed by atoms with E-state index in [-0.39, 0.29) is 5.82 Å². The van der Waals surface area contributed by atoms with Gasteiger partial charge < -0.3 is 9.51 Å². The average Bonchev–Trinajstić information content (AvgIpc) is 2.85. The van der Waals surface area contributed by atoms with Gasteiger partial charge in [0.15, 0.2) is 0 Å². The quantitative estimate of drug-likeness (QED) is 0.792. The maximum atomic E-state index is 13.1. The molecule has 0 aliphatic heterocycles. The Morgan fingerprint density at radius 3 is 2.62 bits per heavy atom. The van der Waals surface area contributed by atoms with Crippen LogP contribution in [0.1, 0.15) is 30.7 Å². The third kappa shape index (κ3) is 2.43. The molecule has 2 aromatic heterocycles. The number of halogens is 1. The molecule has 3 aromatic rings. The molecule has 1 aromatic carbocycles. The molecule has 0 aliphatic rings. The Labute approximate surface area is 122 Å². The summed E-state index contributed by atoms with van der Waals surface area (Å²) in [7, 11) is 0. The van der Waals surface area contributed by atoms with E-state index in [1.807, 2.05) is 36.6 Å². The molecule has 1 N–H and O–H groups in total. The first kappa shape index (κ1) is 13.8. The molecule has 21 heavy (non-hydrogen) atoms. The number of aromatic nitrogens is 2. The summed E-state index contributed by atoms with van der Waals surface area (Å²) < 4.78 is 15.0. The van der Waals surface area contributed by atoms with Gasteiger partial charge >= 0.3 is 0 Å². The van der Waals surface area contributed by atoms with E-state index in [2.05, 4.69) is 4.98 Å². The van der Waals surface area contributed by atoms with Crippen molar-refractivity contribution < 1.29 is 9.50 Å². The molecule has 0 aliphatic carbocycles. The lowest BCUT2D eigenvalue weighted by Gasteiger charge is -2.10. The Kier molecular flexibility index (Phi) is 3.47.